The maximum absolute atomic E-state index is 5.23. The predicted octanol–water partition coefficient (Wildman–Crippen LogP) is 3.94. The number of fused-ring (bicyclic) bond motifs is 1. The van der Waals surface area contributed by atoms with E-state index in [1.165, 1.54) is 17.7 Å². The fourth-order valence-electron chi connectivity index (χ4n) is 2.91. The minimum Gasteiger partial charge on any atom is -0.383 e. The third-order valence-corrected chi connectivity index (χ3v) is 4.11. The lowest BCUT2D eigenvalue weighted by Gasteiger charge is -2.22. The summed E-state index contributed by atoms with van der Waals surface area (Å²) >= 11 is 0. The van der Waals surface area contributed by atoms with Gasteiger partial charge in [-0.2, -0.15) is 0 Å². The largest absolute Gasteiger partial charge is 0.383 e. The highest BCUT2D eigenvalue weighted by Crippen LogP contribution is 2.37. The number of nitrogens with zero attached hydrogens (tertiary/aromatic N) is 1. The zero-order valence-electron chi connectivity index (χ0n) is 13.0. The van der Waals surface area contributed by atoms with Crippen LogP contribution in [0.2, 0.25) is 0 Å². The van der Waals surface area contributed by atoms with Gasteiger partial charge >= 0.3 is 0 Å². The Labute approximate surface area is 117 Å². The van der Waals surface area contributed by atoms with Gasteiger partial charge in [-0.3, -0.25) is 0 Å². The molecule has 0 bridgehead atoms. The Hall–Kier alpha value is -1.02. The van der Waals surface area contributed by atoms with E-state index >= 15 is 0 Å². The van der Waals surface area contributed by atoms with Gasteiger partial charge in [0.1, 0.15) is 0 Å². The number of anilines is 1. The molecule has 0 spiro atoms. The first-order chi connectivity index (χ1) is 9.04. The van der Waals surface area contributed by atoms with Crippen molar-refractivity contribution in [1.82, 2.24) is 0 Å². The van der Waals surface area contributed by atoms with Gasteiger partial charge in [-0.15, -0.1) is 0 Å². The summed E-state index contributed by atoms with van der Waals surface area (Å²) in [6.45, 7) is 12.1. The highest BCUT2D eigenvalue weighted by molar-refractivity contribution is 5.63. The number of ether oxygens (including phenoxy) is 1. The molecular weight excluding hydrogens is 234 g/mol. The van der Waals surface area contributed by atoms with Crippen molar-refractivity contribution in [3.63, 3.8) is 0 Å². The smallest absolute Gasteiger partial charge is 0.0637 e. The molecule has 1 heterocycles. The van der Waals surface area contributed by atoms with Crippen molar-refractivity contribution in [2.45, 2.75) is 46.0 Å². The molecule has 1 aromatic rings. The van der Waals surface area contributed by atoms with Crippen molar-refractivity contribution < 1.29 is 4.74 Å². The molecule has 1 aliphatic rings. The summed E-state index contributed by atoms with van der Waals surface area (Å²) in [6.07, 6.45) is 1.19. The maximum atomic E-state index is 5.23. The van der Waals surface area contributed by atoms with E-state index in [1.54, 1.807) is 18.2 Å². The highest BCUT2D eigenvalue weighted by Gasteiger charge is 2.24. The van der Waals surface area contributed by atoms with E-state index in [0.29, 0.717) is 11.8 Å². The zero-order valence-corrected chi connectivity index (χ0v) is 13.0. The van der Waals surface area contributed by atoms with Gasteiger partial charge in [0.15, 0.2) is 0 Å². The average molecular weight is 261 g/mol. The molecule has 0 unspecified atom stereocenters. The molecule has 0 amide bonds. The van der Waals surface area contributed by atoms with Crippen LogP contribution in [0.25, 0.3) is 0 Å². The van der Waals surface area contributed by atoms with E-state index in [-0.39, 0.29) is 0 Å². The van der Waals surface area contributed by atoms with E-state index in [9.17, 15) is 0 Å². The molecule has 0 saturated carbocycles. The molecule has 0 radical (unpaired) electrons. The fourth-order valence-corrected chi connectivity index (χ4v) is 2.91. The van der Waals surface area contributed by atoms with Gasteiger partial charge in [0.25, 0.3) is 0 Å². The van der Waals surface area contributed by atoms with Crippen molar-refractivity contribution in [3.05, 3.63) is 28.8 Å². The fraction of sp³-hybridized carbons (Fsp3) is 0.647. The number of rotatable bonds is 5. The van der Waals surface area contributed by atoms with Crippen molar-refractivity contribution in [2.24, 2.45) is 0 Å². The lowest BCUT2D eigenvalue weighted by atomic mass is 9.90. The Balaban J connectivity index is 2.39. The Morgan fingerprint density at radius 3 is 2.47 bits per heavy atom. The standard InChI is InChI=1S/C17H27NO/c1-12(2)14-10-16(13(3)4)15-6-7-18(8-9-19-5)17(15)11-14/h10-13H,6-9H2,1-5H3. The molecule has 1 aromatic carbocycles. The minimum absolute atomic E-state index is 0.590. The van der Waals surface area contributed by atoms with Crippen LogP contribution in [-0.4, -0.2) is 26.8 Å². The molecule has 0 saturated heterocycles. The minimum atomic E-state index is 0.590. The first-order valence-corrected chi connectivity index (χ1v) is 7.45. The number of methoxy groups -OCH3 is 1. The molecule has 0 aromatic heterocycles. The van der Waals surface area contributed by atoms with Gasteiger partial charge in [0.2, 0.25) is 0 Å². The van der Waals surface area contributed by atoms with E-state index in [4.69, 9.17) is 4.74 Å². The normalized spacial score (nSPS) is 14.6. The summed E-state index contributed by atoms with van der Waals surface area (Å²) < 4.78 is 5.23. The Morgan fingerprint density at radius 1 is 1.16 bits per heavy atom. The third-order valence-electron chi connectivity index (χ3n) is 4.11. The van der Waals surface area contributed by atoms with Crippen LogP contribution in [0.4, 0.5) is 5.69 Å². The highest BCUT2D eigenvalue weighted by atomic mass is 16.5. The van der Waals surface area contributed by atoms with Crippen LogP contribution in [0.15, 0.2) is 12.1 Å². The summed E-state index contributed by atoms with van der Waals surface area (Å²) in [5.41, 5.74) is 6.02. The van der Waals surface area contributed by atoms with Crippen molar-refractivity contribution in [2.75, 3.05) is 31.7 Å². The molecule has 2 rings (SSSR count). The van der Waals surface area contributed by atoms with Gasteiger partial charge in [0, 0.05) is 25.9 Å². The Bertz CT molecular complexity index is 437. The summed E-state index contributed by atoms with van der Waals surface area (Å²) in [7, 11) is 1.78. The maximum Gasteiger partial charge on any atom is 0.0637 e. The lowest BCUT2D eigenvalue weighted by molar-refractivity contribution is 0.205. The van der Waals surface area contributed by atoms with Crippen LogP contribution in [-0.2, 0) is 11.2 Å². The van der Waals surface area contributed by atoms with E-state index in [2.05, 4.69) is 44.7 Å². The summed E-state index contributed by atoms with van der Waals surface area (Å²) in [6, 6.07) is 4.82. The van der Waals surface area contributed by atoms with Crippen LogP contribution in [0, 0.1) is 0 Å². The van der Waals surface area contributed by atoms with Gasteiger partial charge < -0.3 is 9.64 Å². The van der Waals surface area contributed by atoms with Gasteiger partial charge in [-0.25, -0.2) is 0 Å². The summed E-state index contributed by atoms with van der Waals surface area (Å²) in [5.74, 6) is 1.20. The van der Waals surface area contributed by atoms with Crippen molar-refractivity contribution >= 4 is 5.69 Å². The lowest BCUT2D eigenvalue weighted by Crippen LogP contribution is -2.24. The molecule has 0 fully saturated rings. The second-order valence-electron chi connectivity index (χ2n) is 6.15. The van der Waals surface area contributed by atoms with E-state index < -0.39 is 0 Å². The Morgan fingerprint density at radius 2 is 1.89 bits per heavy atom. The second-order valence-corrected chi connectivity index (χ2v) is 6.15. The topological polar surface area (TPSA) is 12.5 Å². The van der Waals surface area contributed by atoms with Crippen LogP contribution in [0.5, 0.6) is 0 Å². The van der Waals surface area contributed by atoms with Crippen LogP contribution >= 0.6 is 0 Å². The monoisotopic (exact) mass is 261 g/mol. The predicted molar refractivity (Wildman–Crippen MR) is 82.4 cm³/mol. The Kier molecular flexibility index (Phi) is 4.51. The zero-order chi connectivity index (χ0) is 14.0. The first kappa shape index (κ1) is 14.4. The molecule has 0 N–H and O–H groups in total. The average Bonchev–Trinajstić information content (AvgIpc) is 2.77. The quantitative estimate of drug-likeness (QED) is 0.796. The van der Waals surface area contributed by atoms with E-state index in [0.717, 1.165) is 19.7 Å². The van der Waals surface area contributed by atoms with Crippen molar-refractivity contribution in [3.8, 4) is 0 Å². The molecule has 0 aliphatic carbocycles. The summed E-state index contributed by atoms with van der Waals surface area (Å²) in [4.78, 5) is 2.48. The molecular formula is C17H27NO. The van der Waals surface area contributed by atoms with Gasteiger partial charge in [0.05, 0.1) is 6.61 Å². The van der Waals surface area contributed by atoms with Gasteiger partial charge in [-0.05, 0) is 41.0 Å². The molecule has 19 heavy (non-hydrogen) atoms. The molecule has 1 aliphatic heterocycles. The molecule has 0 atom stereocenters. The SMILES string of the molecule is COCCN1CCc2c(C(C)C)cc(C(C)C)cc21. The third kappa shape index (κ3) is 2.94. The summed E-state index contributed by atoms with van der Waals surface area (Å²) in [5, 5.41) is 0. The molecule has 2 nitrogen and oxygen atoms in total. The second kappa shape index (κ2) is 5.96. The number of hydrogen-bond donors (Lipinski definition) is 0. The first-order valence-electron chi connectivity index (χ1n) is 7.45. The van der Waals surface area contributed by atoms with Crippen molar-refractivity contribution in [1.29, 1.82) is 0 Å². The molecule has 106 valence electrons. The number of hydrogen-bond acceptors (Lipinski definition) is 2. The molecule has 2 heteroatoms. The van der Waals surface area contributed by atoms with Crippen LogP contribution in [0.1, 0.15) is 56.2 Å². The van der Waals surface area contributed by atoms with Crippen LogP contribution < -0.4 is 4.90 Å². The number of benzene rings is 1. The van der Waals surface area contributed by atoms with Gasteiger partial charge in [-0.1, -0.05) is 33.8 Å². The van der Waals surface area contributed by atoms with Crippen LogP contribution in [0.3, 0.4) is 0 Å². The van der Waals surface area contributed by atoms with E-state index in [1.807, 2.05) is 0 Å².